The van der Waals surface area contributed by atoms with Crippen molar-refractivity contribution < 1.29 is 21.6 Å². The lowest BCUT2D eigenvalue weighted by molar-refractivity contribution is -0.137. The second kappa shape index (κ2) is 7.79. The Morgan fingerprint density at radius 3 is 2.41 bits per heavy atom. The molecule has 2 aromatic rings. The minimum absolute atomic E-state index is 0.217. The van der Waals surface area contributed by atoms with Crippen molar-refractivity contribution in [2.45, 2.75) is 62.6 Å². The van der Waals surface area contributed by atoms with E-state index in [2.05, 4.69) is 10.2 Å². The van der Waals surface area contributed by atoms with Gasteiger partial charge in [0.2, 0.25) is 10.0 Å². The first-order chi connectivity index (χ1) is 13.3. The number of sulfonamides is 1. The monoisotopic (exact) mass is 467 g/mol. The molecule has 1 aromatic heterocycles. The van der Waals surface area contributed by atoms with Gasteiger partial charge in [-0.05, 0) is 31.0 Å². The molecule has 0 spiro atoms. The summed E-state index contributed by atoms with van der Waals surface area (Å²) in [7, 11) is -4.11. The molecule has 160 valence electrons. The molecule has 0 N–H and O–H groups in total. The van der Waals surface area contributed by atoms with Crippen molar-refractivity contribution in [3.8, 4) is 0 Å². The quantitative estimate of drug-likeness (QED) is 0.604. The van der Waals surface area contributed by atoms with Crippen molar-refractivity contribution in [2.75, 3.05) is 6.54 Å². The van der Waals surface area contributed by atoms with Gasteiger partial charge in [-0.2, -0.15) is 17.5 Å². The van der Waals surface area contributed by atoms with Crippen LogP contribution in [0.4, 0.5) is 13.2 Å². The average molecular weight is 468 g/mol. The Morgan fingerprint density at radius 2 is 1.86 bits per heavy atom. The second-order valence-corrected chi connectivity index (χ2v) is 11.2. The third kappa shape index (κ3) is 4.60. The van der Waals surface area contributed by atoms with Crippen molar-refractivity contribution >= 4 is 33.0 Å². The van der Waals surface area contributed by atoms with Gasteiger partial charge in [0.1, 0.15) is 14.9 Å². The van der Waals surface area contributed by atoms with Crippen molar-refractivity contribution in [3.05, 3.63) is 38.8 Å². The molecule has 0 radical (unpaired) electrons. The Labute approximate surface area is 177 Å². The van der Waals surface area contributed by atoms with E-state index in [9.17, 15) is 21.6 Å². The Hall–Kier alpha value is -1.23. The molecule has 1 aliphatic heterocycles. The summed E-state index contributed by atoms with van der Waals surface area (Å²) in [6, 6.07) is 1.80. The van der Waals surface area contributed by atoms with Crippen LogP contribution in [0.3, 0.4) is 0 Å². The molecular formula is C18H21ClF3N3O2S2. The van der Waals surface area contributed by atoms with Crippen molar-refractivity contribution in [2.24, 2.45) is 0 Å². The number of nitrogens with zero attached hydrogens (tertiary/aromatic N) is 3. The summed E-state index contributed by atoms with van der Waals surface area (Å²) < 4.78 is 66.5. The van der Waals surface area contributed by atoms with E-state index >= 15 is 0 Å². The molecule has 1 aromatic carbocycles. The highest BCUT2D eigenvalue weighted by atomic mass is 35.5. The predicted octanol–water partition coefficient (Wildman–Crippen LogP) is 5.42. The van der Waals surface area contributed by atoms with E-state index in [4.69, 9.17) is 11.6 Å². The van der Waals surface area contributed by atoms with Crippen LogP contribution in [0.5, 0.6) is 0 Å². The molecule has 0 bridgehead atoms. The van der Waals surface area contributed by atoms with Crippen molar-refractivity contribution in [1.29, 1.82) is 0 Å². The zero-order chi connectivity index (χ0) is 21.6. The van der Waals surface area contributed by atoms with Gasteiger partial charge in [-0.1, -0.05) is 50.1 Å². The first-order valence-corrected chi connectivity index (χ1v) is 11.7. The van der Waals surface area contributed by atoms with Gasteiger partial charge in [-0.15, -0.1) is 10.2 Å². The van der Waals surface area contributed by atoms with Gasteiger partial charge in [-0.25, -0.2) is 8.42 Å². The SMILES string of the molecule is CC(C)(C)c1nnc(C2CCCCN2S(=O)(=O)c2ccc(C(F)(F)F)cc2Cl)s1. The number of alkyl halides is 3. The molecule has 0 amide bonds. The minimum atomic E-state index is -4.60. The summed E-state index contributed by atoms with van der Waals surface area (Å²) in [5, 5.41) is 9.35. The van der Waals surface area contributed by atoms with Crippen LogP contribution in [0.15, 0.2) is 23.1 Å². The zero-order valence-electron chi connectivity index (χ0n) is 16.1. The Morgan fingerprint density at radius 1 is 1.17 bits per heavy atom. The molecule has 1 atom stereocenters. The van der Waals surface area contributed by atoms with E-state index in [1.807, 2.05) is 20.8 Å². The van der Waals surface area contributed by atoms with Crippen molar-refractivity contribution in [3.63, 3.8) is 0 Å². The largest absolute Gasteiger partial charge is 0.416 e. The molecule has 1 aliphatic rings. The first-order valence-electron chi connectivity index (χ1n) is 9.04. The molecule has 1 fully saturated rings. The minimum Gasteiger partial charge on any atom is -0.207 e. The Balaban J connectivity index is 1.99. The first kappa shape index (κ1) is 22.5. The third-order valence-corrected chi connectivity index (χ3v) is 8.51. The van der Waals surface area contributed by atoms with Gasteiger partial charge in [-0.3, -0.25) is 0 Å². The fraction of sp³-hybridized carbons (Fsp3) is 0.556. The lowest BCUT2D eigenvalue weighted by Crippen LogP contribution is -2.38. The Kier molecular flexibility index (Phi) is 6.03. The van der Waals surface area contributed by atoms with Gasteiger partial charge in [0.25, 0.3) is 0 Å². The highest BCUT2D eigenvalue weighted by molar-refractivity contribution is 7.89. The maximum Gasteiger partial charge on any atom is 0.416 e. The number of benzene rings is 1. The predicted molar refractivity (Wildman–Crippen MR) is 106 cm³/mol. The summed E-state index contributed by atoms with van der Waals surface area (Å²) >= 11 is 7.33. The smallest absolute Gasteiger partial charge is 0.207 e. The molecule has 0 saturated carbocycles. The molecule has 5 nitrogen and oxygen atoms in total. The maximum absolute atomic E-state index is 13.3. The zero-order valence-corrected chi connectivity index (χ0v) is 18.5. The number of piperidine rings is 1. The summed E-state index contributed by atoms with van der Waals surface area (Å²) in [6.07, 6.45) is -2.56. The highest BCUT2D eigenvalue weighted by Gasteiger charge is 2.39. The van der Waals surface area contributed by atoms with E-state index < -0.39 is 32.8 Å². The van der Waals surface area contributed by atoms with Crippen LogP contribution in [-0.2, 0) is 21.6 Å². The van der Waals surface area contributed by atoms with Gasteiger partial charge < -0.3 is 0 Å². The summed E-state index contributed by atoms with van der Waals surface area (Å²) in [5.41, 5.74) is -1.21. The average Bonchev–Trinajstić information content (AvgIpc) is 3.11. The molecule has 1 saturated heterocycles. The lowest BCUT2D eigenvalue weighted by atomic mass is 9.98. The maximum atomic E-state index is 13.3. The van der Waals surface area contributed by atoms with Crippen LogP contribution < -0.4 is 0 Å². The van der Waals surface area contributed by atoms with E-state index in [-0.39, 0.29) is 16.9 Å². The normalized spacial score (nSPS) is 19.5. The fourth-order valence-corrected chi connectivity index (χ4v) is 6.42. The van der Waals surface area contributed by atoms with E-state index in [1.54, 1.807) is 0 Å². The van der Waals surface area contributed by atoms with E-state index in [0.717, 1.165) is 23.6 Å². The van der Waals surface area contributed by atoms with Crippen LogP contribution in [0.25, 0.3) is 0 Å². The molecule has 0 aliphatic carbocycles. The number of aromatic nitrogens is 2. The van der Waals surface area contributed by atoms with Crippen LogP contribution in [0.1, 0.15) is 61.7 Å². The fourth-order valence-electron chi connectivity index (χ4n) is 3.12. The van der Waals surface area contributed by atoms with Crippen molar-refractivity contribution in [1.82, 2.24) is 14.5 Å². The number of rotatable bonds is 3. The lowest BCUT2D eigenvalue weighted by Gasteiger charge is -2.33. The summed E-state index contributed by atoms with van der Waals surface area (Å²) in [4.78, 5) is -0.334. The van der Waals surface area contributed by atoms with Crippen LogP contribution >= 0.6 is 22.9 Å². The topological polar surface area (TPSA) is 63.2 Å². The molecular weight excluding hydrogens is 447 g/mol. The second-order valence-electron chi connectivity index (χ2n) is 7.97. The molecule has 3 rings (SSSR count). The van der Waals surface area contributed by atoms with Gasteiger partial charge in [0.15, 0.2) is 0 Å². The van der Waals surface area contributed by atoms with Gasteiger partial charge >= 0.3 is 6.18 Å². The van der Waals surface area contributed by atoms with Crippen LogP contribution in [-0.4, -0.2) is 29.5 Å². The van der Waals surface area contributed by atoms with E-state index in [1.165, 1.54) is 15.6 Å². The van der Waals surface area contributed by atoms with Crippen LogP contribution in [0.2, 0.25) is 5.02 Å². The molecule has 11 heteroatoms. The third-order valence-electron chi connectivity index (χ3n) is 4.67. The molecule has 2 heterocycles. The molecule has 1 unspecified atom stereocenters. The highest BCUT2D eigenvalue weighted by Crippen LogP contribution is 2.40. The number of halogens is 4. The summed E-state index contributed by atoms with van der Waals surface area (Å²) in [5.74, 6) is 0. The molecule has 29 heavy (non-hydrogen) atoms. The van der Waals surface area contributed by atoms with Gasteiger partial charge in [0.05, 0.1) is 16.6 Å². The number of hydrogen-bond donors (Lipinski definition) is 0. The van der Waals surface area contributed by atoms with E-state index in [0.29, 0.717) is 23.9 Å². The Bertz CT molecular complexity index is 1000. The van der Waals surface area contributed by atoms with Crippen LogP contribution in [0, 0.1) is 0 Å². The summed E-state index contributed by atoms with van der Waals surface area (Å²) in [6.45, 7) is 6.23. The standard InChI is InChI=1S/C18H21ClF3N3O2S2/c1-17(2,3)16-24-23-15(28-16)13-6-4-5-9-25(13)29(26,27)14-8-7-11(10-12(14)19)18(20,21)22/h7-8,10,13H,4-6,9H2,1-3H3. The number of hydrogen-bond acceptors (Lipinski definition) is 5. The van der Waals surface area contributed by atoms with Gasteiger partial charge in [0, 0.05) is 12.0 Å².